The summed E-state index contributed by atoms with van der Waals surface area (Å²) in [6.07, 6.45) is 2.37. The monoisotopic (exact) mass is 248 g/mol. The lowest BCUT2D eigenvalue weighted by Gasteiger charge is -2.04. The van der Waals surface area contributed by atoms with E-state index in [1.165, 1.54) is 12.8 Å². The van der Waals surface area contributed by atoms with E-state index in [-0.39, 0.29) is 0 Å². The van der Waals surface area contributed by atoms with Crippen LogP contribution in [0.25, 0.3) is 0 Å². The van der Waals surface area contributed by atoms with Crippen molar-refractivity contribution in [1.29, 1.82) is 0 Å². The van der Waals surface area contributed by atoms with Crippen LogP contribution in [-0.4, -0.2) is 12.6 Å². The molecule has 0 aromatic heterocycles. The highest BCUT2D eigenvalue weighted by Crippen LogP contribution is 2.27. The average molecular weight is 249 g/mol. The lowest BCUT2D eigenvalue weighted by Crippen LogP contribution is -2.05. The molecule has 1 aliphatic rings. The molecule has 0 aliphatic heterocycles. The third-order valence-electron chi connectivity index (χ3n) is 2.46. The van der Waals surface area contributed by atoms with E-state index < -0.39 is 5.97 Å². The standard InChI is InChI=1S/C14H13ClO2/c1-2-17-14(16)12-9-11(7-8-13(12)15)6-5-10-3-4-10/h7-10H,2-4H2,1H3. The van der Waals surface area contributed by atoms with E-state index in [0.717, 1.165) is 5.56 Å². The van der Waals surface area contributed by atoms with Crippen LogP contribution in [0.3, 0.4) is 0 Å². The fraction of sp³-hybridized carbons (Fsp3) is 0.357. The summed E-state index contributed by atoms with van der Waals surface area (Å²) in [5, 5.41) is 0.403. The second kappa shape index (κ2) is 5.25. The number of esters is 1. The smallest absolute Gasteiger partial charge is 0.339 e. The van der Waals surface area contributed by atoms with Crippen molar-refractivity contribution in [2.24, 2.45) is 5.92 Å². The highest BCUT2D eigenvalue weighted by atomic mass is 35.5. The molecule has 17 heavy (non-hydrogen) atoms. The van der Waals surface area contributed by atoms with Gasteiger partial charge in [0.1, 0.15) is 0 Å². The Hall–Kier alpha value is -1.46. The Bertz CT molecular complexity index is 493. The molecule has 1 aromatic carbocycles. The van der Waals surface area contributed by atoms with Gasteiger partial charge in [-0.3, -0.25) is 0 Å². The van der Waals surface area contributed by atoms with E-state index in [0.29, 0.717) is 23.1 Å². The number of rotatable bonds is 2. The molecule has 0 amide bonds. The Labute approximate surface area is 106 Å². The first-order valence-corrected chi connectivity index (χ1v) is 6.06. The van der Waals surface area contributed by atoms with Gasteiger partial charge < -0.3 is 4.74 Å². The van der Waals surface area contributed by atoms with Gasteiger partial charge in [0.05, 0.1) is 17.2 Å². The largest absolute Gasteiger partial charge is 0.462 e. The molecular formula is C14H13ClO2. The molecule has 0 bridgehead atoms. The van der Waals surface area contributed by atoms with Crippen LogP contribution in [0.5, 0.6) is 0 Å². The average Bonchev–Trinajstić information content (AvgIpc) is 3.12. The van der Waals surface area contributed by atoms with Crippen molar-refractivity contribution in [2.45, 2.75) is 19.8 Å². The highest BCUT2D eigenvalue weighted by molar-refractivity contribution is 6.33. The fourth-order valence-electron chi connectivity index (χ4n) is 1.38. The Morgan fingerprint density at radius 3 is 2.94 bits per heavy atom. The molecule has 3 heteroatoms. The summed E-state index contributed by atoms with van der Waals surface area (Å²) < 4.78 is 4.93. The first kappa shape index (κ1) is 12.0. The summed E-state index contributed by atoms with van der Waals surface area (Å²) in [5.74, 6) is 6.34. The molecule has 2 rings (SSSR count). The zero-order valence-corrected chi connectivity index (χ0v) is 10.4. The highest BCUT2D eigenvalue weighted by Gasteiger charge is 2.18. The number of carbonyl (C=O) groups excluding carboxylic acids is 1. The van der Waals surface area contributed by atoms with E-state index in [1.54, 1.807) is 19.1 Å². The molecule has 0 saturated heterocycles. The number of halogens is 1. The summed E-state index contributed by atoms with van der Waals surface area (Å²) in [5.41, 5.74) is 1.19. The molecule has 0 unspecified atom stereocenters. The van der Waals surface area contributed by atoms with Crippen molar-refractivity contribution in [3.05, 3.63) is 34.3 Å². The van der Waals surface area contributed by atoms with Gasteiger partial charge in [0, 0.05) is 11.5 Å². The quantitative estimate of drug-likeness (QED) is 0.593. The number of carbonyl (C=O) groups is 1. The van der Waals surface area contributed by atoms with Crippen molar-refractivity contribution >= 4 is 17.6 Å². The first-order valence-electron chi connectivity index (χ1n) is 5.69. The lowest BCUT2D eigenvalue weighted by atomic mass is 10.1. The van der Waals surface area contributed by atoms with Crippen molar-refractivity contribution < 1.29 is 9.53 Å². The number of hydrogen-bond donors (Lipinski definition) is 0. The lowest BCUT2D eigenvalue weighted by molar-refractivity contribution is 0.0526. The van der Waals surface area contributed by atoms with Crippen molar-refractivity contribution in [3.8, 4) is 11.8 Å². The molecular weight excluding hydrogens is 236 g/mol. The third-order valence-corrected chi connectivity index (χ3v) is 2.79. The number of ether oxygens (including phenoxy) is 1. The third kappa shape index (κ3) is 3.25. The molecule has 0 atom stereocenters. The minimum Gasteiger partial charge on any atom is -0.462 e. The molecule has 0 N–H and O–H groups in total. The predicted octanol–water partition coefficient (Wildman–Crippen LogP) is 3.28. The van der Waals surface area contributed by atoms with Gasteiger partial charge in [-0.1, -0.05) is 23.4 Å². The Morgan fingerprint density at radius 2 is 2.29 bits per heavy atom. The minimum atomic E-state index is -0.396. The maximum Gasteiger partial charge on any atom is 0.339 e. The van der Waals surface area contributed by atoms with E-state index >= 15 is 0 Å². The topological polar surface area (TPSA) is 26.3 Å². The summed E-state index contributed by atoms with van der Waals surface area (Å²) >= 11 is 5.95. The van der Waals surface area contributed by atoms with Crippen LogP contribution in [0.2, 0.25) is 5.02 Å². The second-order valence-corrected chi connectivity index (χ2v) is 4.37. The van der Waals surface area contributed by atoms with Crippen molar-refractivity contribution in [3.63, 3.8) is 0 Å². The van der Waals surface area contributed by atoms with Crippen LogP contribution in [0.4, 0.5) is 0 Å². The minimum absolute atomic E-state index is 0.340. The van der Waals surface area contributed by atoms with Gasteiger partial charge in [0.15, 0.2) is 0 Å². The molecule has 1 aromatic rings. The molecule has 88 valence electrons. The zero-order chi connectivity index (χ0) is 12.3. The first-order chi connectivity index (χ1) is 8.20. The maximum absolute atomic E-state index is 11.6. The zero-order valence-electron chi connectivity index (χ0n) is 9.63. The van der Waals surface area contributed by atoms with Gasteiger partial charge in [-0.05, 0) is 38.0 Å². The normalized spacial score (nSPS) is 13.8. The SMILES string of the molecule is CCOC(=O)c1cc(C#CC2CC2)ccc1Cl. The summed E-state index contributed by atoms with van der Waals surface area (Å²) in [4.78, 5) is 11.6. The molecule has 0 spiro atoms. The Kier molecular flexibility index (Phi) is 3.71. The van der Waals surface area contributed by atoms with Crippen LogP contribution in [-0.2, 0) is 4.74 Å². The summed E-state index contributed by atoms with van der Waals surface area (Å²) in [6.45, 7) is 2.11. The Balaban J connectivity index is 2.22. The molecule has 0 heterocycles. The predicted molar refractivity (Wildman–Crippen MR) is 67.0 cm³/mol. The van der Waals surface area contributed by atoms with Crippen LogP contribution >= 0.6 is 11.6 Å². The van der Waals surface area contributed by atoms with Crippen LogP contribution < -0.4 is 0 Å². The molecule has 1 aliphatic carbocycles. The van der Waals surface area contributed by atoms with E-state index in [4.69, 9.17) is 16.3 Å². The van der Waals surface area contributed by atoms with Crippen molar-refractivity contribution in [2.75, 3.05) is 6.61 Å². The summed E-state index contributed by atoms with van der Waals surface area (Å²) in [6, 6.07) is 5.20. The molecule has 1 fully saturated rings. The van der Waals surface area contributed by atoms with Gasteiger partial charge in [0.2, 0.25) is 0 Å². The second-order valence-electron chi connectivity index (χ2n) is 3.96. The maximum atomic E-state index is 11.6. The van der Waals surface area contributed by atoms with E-state index in [9.17, 15) is 4.79 Å². The van der Waals surface area contributed by atoms with Crippen LogP contribution in [0.1, 0.15) is 35.7 Å². The van der Waals surface area contributed by atoms with Crippen molar-refractivity contribution in [1.82, 2.24) is 0 Å². The molecule has 1 saturated carbocycles. The number of hydrogen-bond acceptors (Lipinski definition) is 2. The van der Waals surface area contributed by atoms with Crippen LogP contribution in [0, 0.1) is 17.8 Å². The fourth-order valence-corrected chi connectivity index (χ4v) is 1.58. The number of benzene rings is 1. The van der Waals surface area contributed by atoms with Gasteiger partial charge in [-0.25, -0.2) is 4.79 Å². The molecule has 0 radical (unpaired) electrons. The Morgan fingerprint density at radius 1 is 1.53 bits per heavy atom. The van der Waals surface area contributed by atoms with Gasteiger partial charge in [-0.2, -0.15) is 0 Å². The molecule has 2 nitrogen and oxygen atoms in total. The van der Waals surface area contributed by atoms with Gasteiger partial charge in [0.25, 0.3) is 0 Å². The van der Waals surface area contributed by atoms with E-state index in [1.807, 2.05) is 6.07 Å². The van der Waals surface area contributed by atoms with Crippen LogP contribution in [0.15, 0.2) is 18.2 Å². The summed E-state index contributed by atoms with van der Waals surface area (Å²) in [7, 11) is 0. The van der Waals surface area contributed by atoms with Gasteiger partial charge >= 0.3 is 5.97 Å². The van der Waals surface area contributed by atoms with E-state index in [2.05, 4.69) is 11.8 Å². The van der Waals surface area contributed by atoms with Gasteiger partial charge in [-0.15, -0.1) is 0 Å².